The second-order valence-corrected chi connectivity index (χ2v) is 5.15. The van der Waals surface area contributed by atoms with E-state index < -0.39 is 0 Å². The van der Waals surface area contributed by atoms with Crippen molar-refractivity contribution in [2.24, 2.45) is 0 Å². The first-order chi connectivity index (χ1) is 9.73. The summed E-state index contributed by atoms with van der Waals surface area (Å²) in [5.74, 6) is 0.693. The summed E-state index contributed by atoms with van der Waals surface area (Å²) in [6.07, 6.45) is 3.42. The van der Waals surface area contributed by atoms with Crippen LogP contribution in [0.4, 0.5) is 0 Å². The number of carbonyl (C=O) groups is 1. The van der Waals surface area contributed by atoms with Crippen LogP contribution in [0, 0.1) is 0 Å². The maximum absolute atomic E-state index is 13.0. The number of aromatic nitrogens is 2. The number of ether oxygens (including phenoxy) is 1. The average molecular weight is 270 g/mol. The number of hydrogen-bond donors (Lipinski definition) is 0. The van der Waals surface area contributed by atoms with Gasteiger partial charge < -0.3 is 4.74 Å². The van der Waals surface area contributed by atoms with Crippen LogP contribution in [0.15, 0.2) is 36.5 Å². The molecule has 1 saturated carbocycles. The maximum Gasteiger partial charge on any atom is 0.195 e. The second kappa shape index (κ2) is 4.78. The summed E-state index contributed by atoms with van der Waals surface area (Å²) in [6, 6.07) is 10.0. The van der Waals surface area contributed by atoms with E-state index in [0.717, 1.165) is 18.4 Å². The van der Waals surface area contributed by atoms with E-state index in [9.17, 15) is 4.79 Å². The van der Waals surface area contributed by atoms with Crippen molar-refractivity contribution >= 4 is 5.78 Å². The van der Waals surface area contributed by atoms with Crippen molar-refractivity contribution < 1.29 is 9.53 Å². The minimum Gasteiger partial charge on any atom is -0.493 e. The van der Waals surface area contributed by atoms with Crippen molar-refractivity contribution in [1.82, 2.24) is 9.78 Å². The molecular formula is C16H18N2O2. The van der Waals surface area contributed by atoms with Crippen LogP contribution in [-0.4, -0.2) is 22.7 Å². The Morgan fingerprint density at radius 2 is 2.05 bits per heavy atom. The van der Waals surface area contributed by atoms with E-state index in [-0.39, 0.29) is 11.2 Å². The predicted molar refractivity (Wildman–Crippen MR) is 76.1 cm³/mol. The molecular weight excluding hydrogens is 252 g/mol. The molecule has 0 aliphatic heterocycles. The van der Waals surface area contributed by atoms with Gasteiger partial charge in [0.2, 0.25) is 0 Å². The van der Waals surface area contributed by atoms with Crippen LogP contribution in [0.1, 0.15) is 35.8 Å². The van der Waals surface area contributed by atoms with Crippen LogP contribution < -0.4 is 4.74 Å². The third-order valence-corrected chi connectivity index (χ3v) is 4.05. The molecule has 0 atom stereocenters. The van der Waals surface area contributed by atoms with E-state index in [2.05, 4.69) is 5.10 Å². The normalized spacial score (nSPS) is 15.9. The van der Waals surface area contributed by atoms with E-state index in [1.165, 1.54) is 0 Å². The lowest BCUT2D eigenvalue weighted by atomic mass is 9.89. The minimum absolute atomic E-state index is 0.125. The molecule has 1 aromatic heterocycles. The molecule has 0 radical (unpaired) electrons. The number of methoxy groups -OCH3 is 1. The zero-order valence-corrected chi connectivity index (χ0v) is 11.8. The van der Waals surface area contributed by atoms with Gasteiger partial charge in [-0.05, 0) is 25.3 Å². The second-order valence-electron chi connectivity index (χ2n) is 5.15. The summed E-state index contributed by atoms with van der Waals surface area (Å²) >= 11 is 0. The molecule has 1 aliphatic carbocycles. The molecule has 0 unspecified atom stereocenters. The van der Waals surface area contributed by atoms with Gasteiger partial charge in [-0.2, -0.15) is 5.10 Å². The van der Waals surface area contributed by atoms with Gasteiger partial charge in [-0.3, -0.25) is 9.48 Å². The van der Waals surface area contributed by atoms with Gasteiger partial charge in [0.05, 0.1) is 18.7 Å². The van der Waals surface area contributed by atoms with Crippen molar-refractivity contribution in [2.75, 3.05) is 7.11 Å². The van der Waals surface area contributed by atoms with Gasteiger partial charge in [0.1, 0.15) is 5.69 Å². The first-order valence-corrected chi connectivity index (χ1v) is 6.93. The molecule has 1 aliphatic rings. The number of Topliss-reactive ketones (excluding diaryl/α,β-unsaturated/α-hetero) is 1. The quantitative estimate of drug-likeness (QED) is 0.785. The lowest BCUT2D eigenvalue weighted by Gasteiger charge is -2.16. The van der Waals surface area contributed by atoms with Gasteiger partial charge >= 0.3 is 0 Å². The Hall–Kier alpha value is -2.10. The molecule has 2 aromatic rings. The van der Waals surface area contributed by atoms with Crippen LogP contribution >= 0.6 is 0 Å². The number of ketones is 1. The molecule has 0 amide bonds. The van der Waals surface area contributed by atoms with E-state index in [0.29, 0.717) is 18.0 Å². The lowest BCUT2D eigenvalue weighted by molar-refractivity contribution is 0.0932. The first kappa shape index (κ1) is 12.9. The number of nitrogens with zero attached hydrogens (tertiary/aromatic N) is 2. The van der Waals surface area contributed by atoms with E-state index >= 15 is 0 Å². The molecule has 1 heterocycles. The highest BCUT2D eigenvalue weighted by molar-refractivity contribution is 6.06. The molecule has 0 saturated heterocycles. The summed E-state index contributed by atoms with van der Waals surface area (Å²) in [7, 11) is 1.58. The Kier molecular flexibility index (Phi) is 3.08. The summed E-state index contributed by atoms with van der Waals surface area (Å²) in [6.45, 7) is 2.64. The highest BCUT2D eigenvalue weighted by Gasteiger charge is 2.52. The molecule has 1 aromatic carbocycles. The largest absolute Gasteiger partial charge is 0.493 e. The van der Waals surface area contributed by atoms with Crippen LogP contribution in [0.25, 0.3) is 0 Å². The molecule has 3 rings (SSSR count). The molecule has 20 heavy (non-hydrogen) atoms. The predicted octanol–water partition coefficient (Wildman–Crippen LogP) is 2.83. The van der Waals surface area contributed by atoms with Crippen LogP contribution in [0.3, 0.4) is 0 Å². The van der Waals surface area contributed by atoms with E-state index in [1.807, 2.05) is 37.3 Å². The van der Waals surface area contributed by atoms with Crippen LogP contribution in [0.2, 0.25) is 0 Å². The number of hydrogen-bond acceptors (Lipinski definition) is 3. The molecule has 4 nitrogen and oxygen atoms in total. The Balaban J connectivity index is 2.04. The Bertz CT molecular complexity index is 606. The fourth-order valence-corrected chi connectivity index (χ4v) is 2.74. The number of benzene rings is 1. The SMILES string of the molecule is CCn1ncc(OC)c1C(=O)C1(c2ccccc2)CC1. The first-order valence-electron chi connectivity index (χ1n) is 6.93. The third kappa shape index (κ3) is 1.83. The topological polar surface area (TPSA) is 44.1 Å². The average Bonchev–Trinajstić information content (AvgIpc) is 3.21. The van der Waals surface area contributed by atoms with Gasteiger partial charge in [-0.15, -0.1) is 0 Å². The molecule has 0 N–H and O–H groups in total. The monoisotopic (exact) mass is 270 g/mol. The zero-order chi connectivity index (χ0) is 14.2. The Morgan fingerprint density at radius 3 is 2.60 bits per heavy atom. The molecule has 104 valence electrons. The van der Waals surface area contributed by atoms with Gasteiger partial charge in [-0.1, -0.05) is 30.3 Å². The zero-order valence-electron chi connectivity index (χ0n) is 11.8. The van der Waals surface area contributed by atoms with E-state index in [1.54, 1.807) is 18.0 Å². The highest BCUT2D eigenvalue weighted by Crippen LogP contribution is 2.51. The van der Waals surface area contributed by atoms with Crippen molar-refractivity contribution in [3.63, 3.8) is 0 Å². The molecule has 0 spiro atoms. The fraction of sp³-hybridized carbons (Fsp3) is 0.375. The Morgan fingerprint density at radius 1 is 1.35 bits per heavy atom. The van der Waals surface area contributed by atoms with Gasteiger partial charge in [0.25, 0.3) is 0 Å². The standard InChI is InChI=1S/C16H18N2O2/c1-3-18-14(13(20-2)11-17-18)15(19)16(9-10-16)12-7-5-4-6-8-12/h4-8,11H,3,9-10H2,1-2H3. The number of rotatable bonds is 5. The smallest absolute Gasteiger partial charge is 0.195 e. The fourth-order valence-electron chi connectivity index (χ4n) is 2.74. The van der Waals surface area contributed by atoms with Crippen LogP contribution in [-0.2, 0) is 12.0 Å². The summed E-state index contributed by atoms with van der Waals surface area (Å²) in [4.78, 5) is 13.0. The molecule has 1 fully saturated rings. The summed E-state index contributed by atoms with van der Waals surface area (Å²) in [5, 5.41) is 4.23. The lowest BCUT2D eigenvalue weighted by Crippen LogP contribution is -2.24. The number of carbonyl (C=O) groups excluding carboxylic acids is 1. The van der Waals surface area contributed by atoms with Crippen molar-refractivity contribution in [2.45, 2.75) is 31.7 Å². The number of aryl methyl sites for hydroxylation is 1. The minimum atomic E-state index is -0.374. The van der Waals surface area contributed by atoms with Gasteiger partial charge in [0.15, 0.2) is 11.5 Å². The highest BCUT2D eigenvalue weighted by atomic mass is 16.5. The maximum atomic E-state index is 13.0. The summed E-state index contributed by atoms with van der Waals surface area (Å²) in [5.41, 5.74) is 1.31. The molecule has 0 bridgehead atoms. The van der Waals surface area contributed by atoms with E-state index in [4.69, 9.17) is 4.74 Å². The molecule has 4 heteroatoms. The third-order valence-electron chi connectivity index (χ3n) is 4.05. The Labute approximate surface area is 118 Å². The van der Waals surface area contributed by atoms with Crippen molar-refractivity contribution in [3.8, 4) is 5.75 Å². The van der Waals surface area contributed by atoms with Gasteiger partial charge in [-0.25, -0.2) is 0 Å². The van der Waals surface area contributed by atoms with Gasteiger partial charge in [0, 0.05) is 6.54 Å². The van der Waals surface area contributed by atoms with Crippen molar-refractivity contribution in [3.05, 3.63) is 47.8 Å². The van der Waals surface area contributed by atoms with Crippen LogP contribution in [0.5, 0.6) is 5.75 Å². The summed E-state index contributed by atoms with van der Waals surface area (Å²) < 4.78 is 7.03. The van der Waals surface area contributed by atoms with Crippen molar-refractivity contribution in [1.29, 1.82) is 0 Å².